The third-order valence-corrected chi connectivity index (χ3v) is 1.66. The Bertz CT molecular complexity index is 412. The number of rotatable bonds is 2. The zero-order valence-electron chi connectivity index (χ0n) is 6.15. The summed E-state index contributed by atoms with van der Waals surface area (Å²) in [6, 6.07) is 7.52. The predicted molar refractivity (Wildman–Crippen MR) is 47.0 cm³/mol. The first-order valence-electron chi connectivity index (χ1n) is 3.46. The Hall–Kier alpha value is -1.65. The van der Waals surface area contributed by atoms with Gasteiger partial charge < -0.3 is 0 Å². The third kappa shape index (κ3) is 0.991. The Balaban J connectivity index is 2.62. The molecule has 0 unspecified atom stereocenters. The molecular weight excluding hydrogens is 155 g/mol. The van der Waals surface area contributed by atoms with E-state index in [4.69, 9.17) is 4.33 Å². The van der Waals surface area contributed by atoms with Crippen LogP contribution in [0.15, 0.2) is 33.9 Å². The van der Waals surface area contributed by atoms with Gasteiger partial charge in [0.05, 0.1) is 0 Å². The van der Waals surface area contributed by atoms with Crippen molar-refractivity contribution in [2.75, 3.05) is 5.43 Å². The molecule has 0 aliphatic carbocycles. The maximum absolute atomic E-state index is 9.89. The summed E-state index contributed by atoms with van der Waals surface area (Å²) in [6.45, 7) is 0. The van der Waals surface area contributed by atoms with Crippen molar-refractivity contribution in [1.29, 1.82) is 0 Å². The average Bonchev–Trinajstić information content (AvgIpc) is 2.50. The number of nitrogens with zero attached hydrogens (tertiary/aromatic N) is 1. The quantitative estimate of drug-likeness (QED) is 0.538. The molecular formula is C7H5BN2O2. The molecule has 0 aliphatic rings. The van der Waals surface area contributed by atoms with Crippen LogP contribution < -0.4 is 5.43 Å². The second-order valence-electron chi connectivity index (χ2n) is 2.36. The zero-order valence-corrected chi connectivity index (χ0v) is 6.15. The molecule has 0 saturated heterocycles. The van der Waals surface area contributed by atoms with Gasteiger partial charge in [0.2, 0.25) is 0 Å². The summed E-state index contributed by atoms with van der Waals surface area (Å²) in [5.41, 5.74) is 2.23. The number of fused-ring (bicyclic) bond motifs is 1. The van der Waals surface area contributed by atoms with Crippen molar-refractivity contribution in [1.82, 2.24) is 0 Å². The third-order valence-electron chi connectivity index (χ3n) is 1.66. The molecule has 1 N–H and O–H groups in total. The van der Waals surface area contributed by atoms with E-state index in [0.29, 0.717) is 5.88 Å². The van der Waals surface area contributed by atoms with Gasteiger partial charge in [0.15, 0.2) is 0 Å². The molecule has 5 heteroatoms. The van der Waals surface area contributed by atoms with Gasteiger partial charge in [-0.2, -0.15) is 0 Å². The van der Waals surface area contributed by atoms with E-state index in [-0.39, 0.29) is 0 Å². The Morgan fingerprint density at radius 1 is 1.42 bits per heavy atom. The summed E-state index contributed by atoms with van der Waals surface area (Å²) in [6.07, 6.45) is 0. The first kappa shape index (κ1) is 7.03. The molecule has 2 aromatic rings. The number of nitroso groups, excluding NO2 is 1. The van der Waals surface area contributed by atoms with Crippen LogP contribution in [0.5, 0.6) is 0 Å². The van der Waals surface area contributed by atoms with Gasteiger partial charge in [-0.1, -0.05) is 0 Å². The van der Waals surface area contributed by atoms with Crippen LogP contribution in [0, 0.1) is 4.91 Å². The molecule has 0 spiro atoms. The van der Waals surface area contributed by atoms with E-state index < -0.39 is 0 Å². The molecule has 1 aromatic heterocycles. The summed E-state index contributed by atoms with van der Waals surface area (Å²) in [5.74, 6) is 0.389. The number of hydrogen-bond acceptors (Lipinski definition) is 3. The SMILES string of the molecule is O=NNc1obc2ccccc12. The number of anilines is 1. The Kier molecular flexibility index (Phi) is 1.62. The van der Waals surface area contributed by atoms with Crippen LogP contribution in [0.1, 0.15) is 0 Å². The van der Waals surface area contributed by atoms with Crippen LogP contribution in [0.4, 0.5) is 5.88 Å². The minimum absolute atomic E-state index is 0.389. The molecule has 0 bridgehead atoms. The van der Waals surface area contributed by atoms with Gasteiger partial charge in [0.1, 0.15) is 0 Å². The number of benzene rings is 1. The van der Waals surface area contributed by atoms with Crippen molar-refractivity contribution in [3.63, 3.8) is 0 Å². The fraction of sp³-hybridized carbons (Fsp3) is 0. The average molecular weight is 160 g/mol. The molecule has 2 rings (SSSR count). The molecule has 4 nitrogen and oxygen atoms in total. The van der Waals surface area contributed by atoms with E-state index in [0.717, 1.165) is 10.7 Å². The predicted octanol–water partition coefficient (Wildman–Crippen LogP) is 1.86. The molecule has 12 heavy (non-hydrogen) atoms. The zero-order chi connectivity index (χ0) is 8.39. The summed E-state index contributed by atoms with van der Waals surface area (Å²) < 4.78 is 5.05. The van der Waals surface area contributed by atoms with Gasteiger partial charge in [-0.3, -0.25) is 0 Å². The maximum atomic E-state index is 9.89. The topological polar surface area (TPSA) is 54.6 Å². The van der Waals surface area contributed by atoms with Crippen LogP contribution in [0.3, 0.4) is 0 Å². The Morgan fingerprint density at radius 2 is 2.25 bits per heavy atom. The summed E-state index contributed by atoms with van der Waals surface area (Å²) in [5, 5.41) is 4.34. The van der Waals surface area contributed by atoms with Crippen molar-refractivity contribution >= 4 is 23.7 Å². The van der Waals surface area contributed by atoms with E-state index in [2.05, 4.69) is 10.7 Å². The van der Waals surface area contributed by atoms with E-state index in [1.807, 2.05) is 24.3 Å². The fourth-order valence-electron chi connectivity index (χ4n) is 1.12. The van der Waals surface area contributed by atoms with Crippen LogP contribution in [-0.2, 0) is 0 Å². The number of hydrogen-bond donors (Lipinski definition) is 1. The van der Waals surface area contributed by atoms with Gasteiger partial charge in [-0.15, -0.1) is 0 Å². The first-order valence-corrected chi connectivity index (χ1v) is 3.46. The molecule has 0 atom stereocenters. The van der Waals surface area contributed by atoms with E-state index in [1.165, 1.54) is 0 Å². The Morgan fingerprint density at radius 3 is 3.08 bits per heavy atom. The van der Waals surface area contributed by atoms with Crippen molar-refractivity contribution in [2.45, 2.75) is 0 Å². The molecule has 1 heterocycles. The van der Waals surface area contributed by atoms with Crippen molar-refractivity contribution in [2.24, 2.45) is 5.29 Å². The van der Waals surface area contributed by atoms with Gasteiger partial charge in [-0.25, -0.2) is 0 Å². The van der Waals surface area contributed by atoms with Gasteiger partial charge in [-0.05, 0) is 0 Å². The molecule has 0 amide bonds. The van der Waals surface area contributed by atoms with Crippen LogP contribution in [-0.4, -0.2) is 7.13 Å². The summed E-state index contributed by atoms with van der Waals surface area (Å²) in [7, 11) is 1.57. The normalized spacial score (nSPS) is 9.67. The monoisotopic (exact) mass is 160 g/mol. The standard InChI is InChI=1S/C7H5BN2O2/c11-10-9-7-5-3-1-2-4-6(5)8-12-7/h1-4H,(H,9,11). The molecule has 0 aliphatic heterocycles. The first-order chi connectivity index (χ1) is 5.92. The number of nitrogens with one attached hydrogen (secondary N) is 1. The van der Waals surface area contributed by atoms with Crippen molar-refractivity contribution in [3.05, 3.63) is 29.2 Å². The Labute approximate surface area is 68.8 Å². The van der Waals surface area contributed by atoms with Crippen LogP contribution in [0.25, 0.3) is 10.7 Å². The summed E-state index contributed by atoms with van der Waals surface area (Å²) >= 11 is 0. The molecule has 0 fully saturated rings. The van der Waals surface area contributed by atoms with Gasteiger partial charge >= 0.3 is 67.9 Å². The van der Waals surface area contributed by atoms with Crippen molar-refractivity contribution in [3.8, 4) is 0 Å². The van der Waals surface area contributed by atoms with Gasteiger partial charge in [0, 0.05) is 0 Å². The van der Waals surface area contributed by atoms with Crippen LogP contribution in [0.2, 0.25) is 0 Å². The van der Waals surface area contributed by atoms with Crippen LogP contribution >= 0.6 is 0 Å². The van der Waals surface area contributed by atoms with Gasteiger partial charge in [0.25, 0.3) is 0 Å². The minimum atomic E-state index is 0.389. The van der Waals surface area contributed by atoms with E-state index >= 15 is 0 Å². The second-order valence-corrected chi connectivity index (χ2v) is 2.36. The molecule has 1 aromatic carbocycles. The molecule has 58 valence electrons. The molecule has 0 saturated carbocycles. The second kappa shape index (κ2) is 2.77. The summed E-state index contributed by atoms with van der Waals surface area (Å²) in [4.78, 5) is 9.89. The molecule has 0 radical (unpaired) electrons. The van der Waals surface area contributed by atoms with Crippen molar-refractivity contribution < 1.29 is 4.33 Å². The van der Waals surface area contributed by atoms with E-state index in [1.54, 1.807) is 7.13 Å². The fourth-order valence-corrected chi connectivity index (χ4v) is 1.12. The van der Waals surface area contributed by atoms with E-state index in [9.17, 15) is 4.91 Å².